The Balaban J connectivity index is 0.00000196. The van der Waals surface area contributed by atoms with Crippen molar-refractivity contribution in [3.8, 4) is 11.6 Å². The fourth-order valence-corrected chi connectivity index (χ4v) is 2.46. The maximum absolute atomic E-state index is 5.63. The lowest BCUT2D eigenvalue weighted by molar-refractivity contribution is 0.460. The molecule has 0 fully saturated rings. The van der Waals surface area contributed by atoms with E-state index in [2.05, 4.69) is 27.1 Å². The number of halogens is 1. The average Bonchev–Trinajstić information content (AvgIpc) is 2.68. The molecule has 4 nitrogen and oxygen atoms in total. The van der Waals surface area contributed by atoms with Crippen LogP contribution in [-0.4, -0.2) is 15.0 Å². The average molecular weight is 362 g/mol. The van der Waals surface area contributed by atoms with Crippen molar-refractivity contribution in [3.05, 3.63) is 90.5 Å². The van der Waals surface area contributed by atoms with Crippen LogP contribution in [0.3, 0.4) is 0 Å². The first kappa shape index (κ1) is 17.6. The van der Waals surface area contributed by atoms with Crippen molar-refractivity contribution in [1.29, 1.82) is 0 Å². The normalized spacial score (nSPS) is 10.6. The monoisotopic (exact) mass is 361 g/mol. The Labute approximate surface area is 157 Å². The highest BCUT2D eigenvalue weighted by atomic mass is 35.5. The summed E-state index contributed by atoms with van der Waals surface area (Å²) in [5.41, 5.74) is 3.00. The Morgan fingerprint density at radius 3 is 2.46 bits per heavy atom. The van der Waals surface area contributed by atoms with Gasteiger partial charge < -0.3 is 4.74 Å². The predicted octanol–water partition coefficient (Wildman–Crippen LogP) is 5.41. The maximum Gasteiger partial charge on any atom is 0.237 e. The third-order valence-electron chi connectivity index (χ3n) is 3.71. The van der Waals surface area contributed by atoms with Crippen LogP contribution in [0.15, 0.2) is 79.3 Å². The van der Waals surface area contributed by atoms with Gasteiger partial charge in [-0.2, -0.15) is 0 Å². The third kappa shape index (κ3) is 4.23. The van der Waals surface area contributed by atoms with Crippen molar-refractivity contribution in [2.45, 2.75) is 0 Å². The predicted molar refractivity (Wildman–Crippen MR) is 106 cm³/mol. The zero-order chi connectivity index (χ0) is 16.9. The van der Waals surface area contributed by atoms with E-state index in [0.717, 1.165) is 27.9 Å². The van der Waals surface area contributed by atoms with Gasteiger partial charge in [0.2, 0.25) is 5.88 Å². The van der Waals surface area contributed by atoms with E-state index in [1.54, 1.807) is 18.6 Å². The summed E-state index contributed by atoms with van der Waals surface area (Å²) in [7, 11) is 0. The summed E-state index contributed by atoms with van der Waals surface area (Å²) in [5.74, 6) is 1.20. The summed E-state index contributed by atoms with van der Waals surface area (Å²) in [6.45, 7) is 0. The molecule has 2 aromatic heterocycles. The van der Waals surface area contributed by atoms with Gasteiger partial charge in [0.05, 0.1) is 17.4 Å². The van der Waals surface area contributed by atoms with Gasteiger partial charge in [-0.1, -0.05) is 42.5 Å². The Bertz CT molecular complexity index is 1020. The second-order valence-corrected chi connectivity index (χ2v) is 5.48. The van der Waals surface area contributed by atoms with Gasteiger partial charge in [0.15, 0.2) is 0 Å². The van der Waals surface area contributed by atoms with E-state index in [1.807, 2.05) is 60.7 Å². The molecular weight excluding hydrogens is 346 g/mol. The molecule has 0 saturated heterocycles. The number of benzene rings is 2. The molecule has 4 aromatic rings. The minimum Gasteiger partial charge on any atom is -0.438 e. The van der Waals surface area contributed by atoms with Crippen LogP contribution in [-0.2, 0) is 0 Å². The highest BCUT2D eigenvalue weighted by molar-refractivity contribution is 5.85. The molecule has 0 bridgehead atoms. The molecule has 5 heteroatoms. The van der Waals surface area contributed by atoms with Crippen LogP contribution in [0.25, 0.3) is 23.1 Å². The van der Waals surface area contributed by atoms with Crippen molar-refractivity contribution in [3.63, 3.8) is 0 Å². The summed E-state index contributed by atoms with van der Waals surface area (Å²) < 4.78 is 5.63. The van der Waals surface area contributed by atoms with E-state index in [0.29, 0.717) is 5.88 Å². The molecule has 0 aliphatic heterocycles. The quantitative estimate of drug-likeness (QED) is 0.487. The van der Waals surface area contributed by atoms with Crippen molar-refractivity contribution in [2.75, 3.05) is 0 Å². The molecule has 0 aliphatic rings. The van der Waals surface area contributed by atoms with Crippen LogP contribution >= 0.6 is 12.4 Å². The highest BCUT2D eigenvalue weighted by Gasteiger charge is 1.98. The first-order chi connectivity index (χ1) is 12.4. The molecule has 0 atom stereocenters. The Hall–Kier alpha value is -3.24. The Morgan fingerprint density at radius 1 is 0.808 bits per heavy atom. The summed E-state index contributed by atoms with van der Waals surface area (Å²) in [4.78, 5) is 12.7. The van der Waals surface area contributed by atoms with Crippen LogP contribution in [0.2, 0.25) is 0 Å². The Kier molecular flexibility index (Phi) is 5.56. The number of ether oxygens (including phenoxy) is 1. The van der Waals surface area contributed by atoms with Crippen molar-refractivity contribution >= 4 is 35.5 Å². The van der Waals surface area contributed by atoms with Crippen molar-refractivity contribution in [2.24, 2.45) is 0 Å². The Morgan fingerprint density at radius 2 is 1.65 bits per heavy atom. The molecule has 0 amide bonds. The molecule has 4 rings (SSSR count). The smallest absolute Gasteiger partial charge is 0.237 e. The molecule has 26 heavy (non-hydrogen) atoms. The molecule has 2 aromatic carbocycles. The summed E-state index contributed by atoms with van der Waals surface area (Å²) in [6, 6.07) is 20.0. The van der Waals surface area contributed by atoms with E-state index in [9.17, 15) is 0 Å². The van der Waals surface area contributed by atoms with Crippen LogP contribution < -0.4 is 4.74 Å². The van der Waals surface area contributed by atoms with Gasteiger partial charge in [-0.05, 0) is 35.9 Å². The number of aromatic nitrogens is 3. The number of rotatable bonds is 4. The fraction of sp³-hybridized carbons (Fsp3) is 0. The van der Waals surface area contributed by atoms with E-state index < -0.39 is 0 Å². The van der Waals surface area contributed by atoms with E-state index >= 15 is 0 Å². The summed E-state index contributed by atoms with van der Waals surface area (Å²) in [5, 5.41) is 1.14. The first-order valence-electron chi connectivity index (χ1n) is 7.95. The molecule has 0 N–H and O–H groups in total. The lowest BCUT2D eigenvalue weighted by atomic mass is 10.1. The van der Waals surface area contributed by atoms with Gasteiger partial charge >= 0.3 is 0 Å². The topological polar surface area (TPSA) is 47.9 Å². The number of fused-ring (bicyclic) bond motifs is 1. The van der Waals surface area contributed by atoms with Crippen molar-refractivity contribution in [1.82, 2.24) is 15.0 Å². The standard InChI is InChI=1S/C21H15N3O.ClH/c1-2-4-20-17(3-1)8-10-18(24-20)9-5-16-6-11-19(12-7-16)25-21-15-22-13-14-23-21;/h1-15H;1H/b9-5+;. The van der Waals surface area contributed by atoms with Gasteiger partial charge in [0, 0.05) is 17.8 Å². The molecule has 0 saturated carbocycles. The zero-order valence-electron chi connectivity index (χ0n) is 13.8. The van der Waals surface area contributed by atoms with Crippen LogP contribution in [0, 0.1) is 0 Å². The largest absolute Gasteiger partial charge is 0.438 e. The van der Waals surface area contributed by atoms with E-state index in [1.165, 1.54) is 0 Å². The second-order valence-electron chi connectivity index (χ2n) is 5.48. The molecule has 128 valence electrons. The number of hydrogen-bond acceptors (Lipinski definition) is 4. The number of hydrogen-bond donors (Lipinski definition) is 0. The van der Waals surface area contributed by atoms with Crippen LogP contribution in [0.5, 0.6) is 11.6 Å². The fourth-order valence-electron chi connectivity index (χ4n) is 2.46. The SMILES string of the molecule is C(=C\c1ccc2ccccc2n1)/c1ccc(Oc2cnccn2)cc1.Cl. The van der Waals surface area contributed by atoms with E-state index in [4.69, 9.17) is 4.74 Å². The van der Waals surface area contributed by atoms with Gasteiger partial charge in [-0.15, -0.1) is 12.4 Å². The van der Waals surface area contributed by atoms with Gasteiger partial charge in [-0.3, -0.25) is 4.98 Å². The van der Waals surface area contributed by atoms with Gasteiger partial charge in [-0.25, -0.2) is 9.97 Å². The molecular formula is C21H16ClN3O. The van der Waals surface area contributed by atoms with Crippen molar-refractivity contribution < 1.29 is 4.74 Å². The summed E-state index contributed by atoms with van der Waals surface area (Å²) in [6.07, 6.45) is 8.83. The molecule has 0 radical (unpaired) electrons. The molecule has 0 aliphatic carbocycles. The zero-order valence-corrected chi connectivity index (χ0v) is 14.6. The molecule has 2 heterocycles. The van der Waals surface area contributed by atoms with Gasteiger partial charge in [0.1, 0.15) is 5.75 Å². The van der Waals surface area contributed by atoms with E-state index in [-0.39, 0.29) is 12.4 Å². The third-order valence-corrected chi connectivity index (χ3v) is 3.71. The lowest BCUT2D eigenvalue weighted by Crippen LogP contribution is -1.88. The first-order valence-corrected chi connectivity index (χ1v) is 7.95. The minimum atomic E-state index is 0. The van der Waals surface area contributed by atoms with Gasteiger partial charge in [0.25, 0.3) is 0 Å². The minimum absolute atomic E-state index is 0. The second kappa shape index (κ2) is 8.23. The maximum atomic E-state index is 5.63. The molecule has 0 spiro atoms. The number of pyridine rings is 1. The van der Waals surface area contributed by atoms with Crippen LogP contribution in [0.1, 0.15) is 11.3 Å². The lowest BCUT2D eigenvalue weighted by Gasteiger charge is -2.03. The van der Waals surface area contributed by atoms with Crippen LogP contribution in [0.4, 0.5) is 0 Å². The highest BCUT2D eigenvalue weighted by Crippen LogP contribution is 2.20. The number of nitrogens with zero attached hydrogens (tertiary/aromatic N) is 3. The summed E-state index contributed by atoms with van der Waals surface area (Å²) >= 11 is 0. The molecule has 0 unspecified atom stereocenters. The number of para-hydroxylation sites is 1.